The Kier molecular flexibility index (Phi) is 4.42. The topological polar surface area (TPSA) is 43.4 Å². The minimum absolute atomic E-state index is 0.205. The molecule has 106 valence electrons. The number of hydrogen-bond acceptors (Lipinski definition) is 4. The first-order valence-electron chi connectivity index (χ1n) is 6.93. The fraction of sp³-hybridized carbons (Fsp3) is 0.667. The third-order valence-corrected chi connectivity index (χ3v) is 3.15. The molecule has 1 N–H and O–H groups in total. The Hall–Kier alpha value is -1.13. The highest BCUT2D eigenvalue weighted by molar-refractivity contribution is 5.18. The largest absolute Gasteiger partial charge is 0.472 e. The van der Waals surface area contributed by atoms with Crippen LogP contribution >= 0.6 is 0 Å². The molecule has 2 atom stereocenters. The number of nitrogens with one attached hydrogen (secondary N) is 1. The number of pyridine rings is 1. The van der Waals surface area contributed by atoms with Crippen LogP contribution in [-0.4, -0.2) is 29.3 Å². The predicted octanol–water partition coefficient (Wildman–Crippen LogP) is 2.53. The van der Waals surface area contributed by atoms with Crippen molar-refractivity contribution in [3.8, 4) is 5.88 Å². The van der Waals surface area contributed by atoms with Crippen molar-refractivity contribution in [1.29, 1.82) is 0 Å². The minimum Gasteiger partial charge on any atom is -0.472 e. The quantitative estimate of drug-likeness (QED) is 0.907. The maximum Gasteiger partial charge on any atom is 0.213 e. The van der Waals surface area contributed by atoms with Gasteiger partial charge >= 0.3 is 0 Å². The van der Waals surface area contributed by atoms with Gasteiger partial charge in [0.2, 0.25) is 5.88 Å². The minimum atomic E-state index is -0.205. The molecule has 0 radical (unpaired) electrons. The van der Waals surface area contributed by atoms with Crippen molar-refractivity contribution in [2.45, 2.75) is 58.4 Å². The number of ether oxygens (including phenoxy) is 2. The van der Waals surface area contributed by atoms with Crippen molar-refractivity contribution < 1.29 is 9.47 Å². The molecule has 0 spiro atoms. The lowest BCUT2D eigenvalue weighted by molar-refractivity contribution is 0.113. The lowest BCUT2D eigenvalue weighted by Gasteiger charge is -2.20. The van der Waals surface area contributed by atoms with Crippen molar-refractivity contribution in [2.24, 2.45) is 0 Å². The van der Waals surface area contributed by atoms with Crippen LogP contribution in [0.25, 0.3) is 0 Å². The van der Waals surface area contributed by atoms with Gasteiger partial charge < -0.3 is 14.8 Å². The summed E-state index contributed by atoms with van der Waals surface area (Å²) in [6.45, 7) is 9.85. The Morgan fingerprint density at radius 3 is 2.74 bits per heavy atom. The van der Waals surface area contributed by atoms with Crippen molar-refractivity contribution >= 4 is 0 Å². The Morgan fingerprint density at radius 2 is 2.21 bits per heavy atom. The average Bonchev–Trinajstić information content (AvgIpc) is 2.72. The lowest BCUT2D eigenvalue weighted by atomic mass is 10.1. The second kappa shape index (κ2) is 5.88. The molecule has 0 aliphatic carbocycles. The molecule has 1 aliphatic heterocycles. The molecule has 0 bridgehead atoms. The predicted molar refractivity (Wildman–Crippen MR) is 75.3 cm³/mol. The smallest absolute Gasteiger partial charge is 0.213 e. The summed E-state index contributed by atoms with van der Waals surface area (Å²) in [6.07, 6.45) is 3.26. The van der Waals surface area contributed by atoms with Crippen LogP contribution in [0.5, 0.6) is 5.88 Å². The van der Waals surface area contributed by atoms with Crippen LogP contribution in [0, 0.1) is 0 Å². The second-order valence-electron chi connectivity index (χ2n) is 6.07. The van der Waals surface area contributed by atoms with Gasteiger partial charge in [-0.25, -0.2) is 4.98 Å². The van der Waals surface area contributed by atoms with E-state index in [0.717, 1.165) is 19.6 Å². The Bertz CT molecular complexity index is 398. The van der Waals surface area contributed by atoms with Crippen LogP contribution in [0.4, 0.5) is 0 Å². The van der Waals surface area contributed by atoms with Gasteiger partial charge in [0.25, 0.3) is 0 Å². The molecule has 2 heterocycles. The van der Waals surface area contributed by atoms with Crippen LogP contribution in [-0.2, 0) is 11.3 Å². The lowest BCUT2D eigenvalue weighted by Crippen LogP contribution is -2.34. The number of hydrogen-bond donors (Lipinski definition) is 1. The summed E-state index contributed by atoms with van der Waals surface area (Å²) in [7, 11) is 0. The number of aromatic nitrogens is 1. The standard InChI is InChI=1S/C15H24N2O2/c1-11-13(7-8-18-11)16-9-12-5-6-14(17-10-12)19-15(2,3)4/h5-6,10-11,13,16H,7-9H2,1-4H3/t11-,13-/m1/s1. The molecule has 1 fully saturated rings. The van der Waals surface area contributed by atoms with Crippen LogP contribution < -0.4 is 10.1 Å². The molecule has 2 rings (SSSR count). The van der Waals surface area contributed by atoms with E-state index in [2.05, 4.69) is 23.3 Å². The molecular formula is C15H24N2O2. The van der Waals surface area contributed by atoms with Crippen molar-refractivity contribution in [2.75, 3.05) is 6.61 Å². The van der Waals surface area contributed by atoms with Crippen molar-refractivity contribution in [3.63, 3.8) is 0 Å². The Labute approximate surface area is 115 Å². The molecule has 0 aromatic carbocycles. The first-order valence-corrected chi connectivity index (χ1v) is 6.93. The zero-order valence-corrected chi connectivity index (χ0v) is 12.3. The molecule has 1 aromatic rings. The first kappa shape index (κ1) is 14.3. The highest BCUT2D eigenvalue weighted by Gasteiger charge is 2.23. The summed E-state index contributed by atoms with van der Waals surface area (Å²) in [6, 6.07) is 4.43. The van der Waals surface area contributed by atoms with Gasteiger partial charge in [-0.05, 0) is 39.7 Å². The highest BCUT2D eigenvalue weighted by atomic mass is 16.5. The van der Waals surface area contributed by atoms with Gasteiger partial charge in [0.1, 0.15) is 5.60 Å². The molecule has 1 saturated heterocycles. The van der Waals surface area contributed by atoms with E-state index in [0.29, 0.717) is 18.0 Å². The van der Waals surface area contributed by atoms with Crippen LogP contribution in [0.3, 0.4) is 0 Å². The summed E-state index contributed by atoms with van der Waals surface area (Å²) >= 11 is 0. The third-order valence-electron chi connectivity index (χ3n) is 3.15. The molecule has 1 aliphatic rings. The zero-order chi connectivity index (χ0) is 13.9. The monoisotopic (exact) mass is 264 g/mol. The van der Waals surface area contributed by atoms with Gasteiger partial charge in [-0.15, -0.1) is 0 Å². The summed E-state index contributed by atoms with van der Waals surface area (Å²) < 4.78 is 11.2. The van der Waals surface area contributed by atoms with Crippen LogP contribution in [0.15, 0.2) is 18.3 Å². The summed E-state index contributed by atoms with van der Waals surface area (Å²) in [5.41, 5.74) is 0.962. The number of nitrogens with zero attached hydrogens (tertiary/aromatic N) is 1. The van der Waals surface area contributed by atoms with Gasteiger partial charge in [0, 0.05) is 31.5 Å². The molecule has 4 heteroatoms. The SMILES string of the molecule is C[C@H]1OCC[C@H]1NCc1ccc(OC(C)(C)C)nc1. The zero-order valence-electron chi connectivity index (χ0n) is 12.3. The molecule has 4 nitrogen and oxygen atoms in total. The molecule has 19 heavy (non-hydrogen) atoms. The normalized spacial score (nSPS) is 23.6. The average molecular weight is 264 g/mol. The van der Waals surface area contributed by atoms with E-state index in [1.165, 1.54) is 5.56 Å². The highest BCUT2D eigenvalue weighted by Crippen LogP contribution is 2.16. The van der Waals surface area contributed by atoms with Crippen molar-refractivity contribution in [3.05, 3.63) is 23.9 Å². The molecule has 0 unspecified atom stereocenters. The summed E-state index contributed by atoms with van der Waals surface area (Å²) in [5.74, 6) is 0.675. The maximum absolute atomic E-state index is 5.70. The van der Waals surface area contributed by atoms with Gasteiger partial charge in [-0.1, -0.05) is 6.07 Å². The molecule has 0 saturated carbocycles. The van der Waals surface area contributed by atoms with E-state index in [4.69, 9.17) is 9.47 Å². The summed E-state index contributed by atoms with van der Waals surface area (Å²) in [5, 5.41) is 3.51. The van der Waals surface area contributed by atoms with E-state index in [1.54, 1.807) is 0 Å². The second-order valence-corrected chi connectivity index (χ2v) is 6.07. The van der Waals surface area contributed by atoms with Crippen molar-refractivity contribution in [1.82, 2.24) is 10.3 Å². The number of rotatable bonds is 4. The van der Waals surface area contributed by atoms with E-state index < -0.39 is 0 Å². The molecule has 0 amide bonds. The maximum atomic E-state index is 5.70. The van der Waals surface area contributed by atoms with Gasteiger partial charge in [-0.3, -0.25) is 0 Å². The van der Waals surface area contributed by atoms with Gasteiger partial charge in [0.15, 0.2) is 0 Å². The van der Waals surface area contributed by atoms with Crippen LogP contribution in [0.1, 0.15) is 39.7 Å². The third kappa shape index (κ3) is 4.48. The first-order chi connectivity index (χ1) is 8.94. The van der Waals surface area contributed by atoms with Crippen LogP contribution in [0.2, 0.25) is 0 Å². The van der Waals surface area contributed by atoms with E-state index in [1.807, 2.05) is 33.0 Å². The van der Waals surface area contributed by atoms with Gasteiger partial charge in [-0.2, -0.15) is 0 Å². The Morgan fingerprint density at radius 1 is 1.42 bits per heavy atom. The Balaban J connectivity index is 1.85. The van der Waals surface area contributed by atoms with E-state index >= 15 is 0 Å². The fourth-order valence-corrected chi connectivity index (χ4v) is 2.14. The summed E-state index contributed by atoms with van der Waals surface area (Å²) in [4.78, 5) is 4.33. The fourth-order valence-electron chi connectivity index (χ4n) is 2.14. The van der Waals surface area contributed by atoms with Gasteiger partial charge in [0.05, 0.1) is 6.10 Å². The molecule has 1 aromatic heterocycles. The van der Waals surface area contributed by atoms with E-state index in [9.17, 15) is 0 Å². The van der Waals surface area contributed by atoms with E-state index in [-0.39, 0.29) is 5.60 Å². The molecular weight excluding hydrogens is 240 g/mol.